The van der Waals surface area contributed by atoms with Crippen molar-refractivity contribution in [3.63, 3.8) is 0 Å². The molecule has 0 aromatic heterocycles. The summed E-state index contributed by atoms with van der Waals surface area (Å²) >= 11 is 2.06. The topological polar surface area (TPSA) is 55.4 Å². The van der Waals surface area contributed by atoms with Gasteiger partial charge in [-0.25, -0.2) is 4.79 Å². The van der Waals surface area contributed by atoms with Crippen molar-refractivity contribution in [2.45, 2.75) is 26.2 Å². The van der Waals surface area contributed by atoms with Gasteiger partial charge in [-0.3, -0.25) is 4.79 Å². The van der Waals surface area contributed by atoms with Crippen LogP contribution in [0.15, 0.2) is 48.5 Å². The minimum absolute atomic E-state index is 0.304. The van der Waals surface area contributed by atoms with E-state index in [2.05, 4.69) is 34.8 Å². The fraction of sp³-hybridized carbons (Fsp3) is 0.263. The largest absolute Gasteiger partial charge is 0.452 e. The minimum atomic E-state index is -0.495. The van der Waals surface area contributed by atoms with Gasteiger partial charge < -0.3 is 10.1 Å². The molecule has 0 aliphatic carbocycles. The molecule has 0 atom stereocenters. The van der Waals surface area contributed by atoms with Crippen LogP contribution < -0.4 is 5.32 Å². The maximum atomic E-state index is 12.0. The SMILES string of the molecule is CCCCc1ccc(NC(=O)COC(=O)c2ccccc2I)cc1. The Balaban J connectivity index is 1.83. The molecule has 2 aromatic carbocycles. The molecule has 2 aromatic rings. The zero-order chi connectivity index (χ0) is 17.4. The summed E-state index contributed by atoms with van der Waals surface area (Å²) in [6.45, 7) is 1.85. The van der Waals surface area contributed by atoms with Gasteiger partial charge in [0, 0.05) is 9.26 Å². The van der Waals surface area contributed by atoms with Crippen molar-refractivity contribution in [3.05, 3.63) is 63.2 Å². The number of benzene rings is 2. The lowest BCUT2D eigenvalue weighted by Crippen LogP contribution is -2.21. The molecule has 0 heterocycles. The number of amides is 1. The van der Waals surface area contributed by atoms with Crippen molar-refractivity contribution < 1.29 is 14.3 Å². The molecule has 24 heavy (non-hydrogen) atoms. The van der Waals surface area contributed by atoms with Gasteiger partial charge in [-0.05, 0) is 65.3 Å². The van der Waals surface area contributed by atoms with Crippen LogP contribution in [-0.2, 0) is 16.0 Å². The summed E-state index contributed by atoms with van der Waals surface area (Å²) in [7, 11) is 0. The molecule has 0 saturated heterocycles. The molecule has 0 radical (unpaired) electrons. The van der Waals surface area contributed by atoms with Gasteiger partial charge in [-0.2, -0.15) is 0 Å². The van der Waals surface area contributed by atoms with E-state index in [-0.39, 0.29) is 12.5 Å². The van der Waals surface area contributed by atoms with Crippen molar-refractivity contribution in [1.29, 1.82) is 0 Å². The van der Waals surface area contributed by atoms with Crippen LogP contribution in [0.4, 0.5) is 5.69 Å². The lowest BCUT2D eigenvalue weighted by atomic mass is 10.1. The van der Waals surface area contributed by atoms with E-state index in [0.717, 1.165) is 22.8 Å². The van der Waals surface area contributed by atoms with Gasteiger partial charge in [0.25, 0.3) is 5.91 Å². The summed E-state index contributed by atoms with van der Waals surface area (Å²) in [6.07, 6.45) is 3.35. The monoisotopic (exact) mass is 437 g/mol. The summed E-state index contributed by atoms with van der Waals surface area (Å²) in [5.74, 6) is -0.847. The van der Waals surface area contributed by atoms with Gasteiger partial charge in [-0.1, -0.05) is 37.6 Å². The highest BCUT2D eigenvalue weighted by atomic mass is 127. The first-order chi connectivity index (χ1) is 11.6. The second-order valence-corrected chi connectivity index (χ2v) is 6.57. The van der Waals surface area contributed by atoms with E-state index in [1.165, 1.54) is 5.56 Å². The predicted octanol–water partition coefficient (Wildman–Crippen LogP) is 4.43. The molecule has 126 valence electrons. The second kappa shape index (κ2) is 9.42. The highest BCUT2D eigenvalue weighted by Crippen LogP contribution is 2.13. The normalized spacial score (nSPS) is 10.2. The highest BCUT2D eigenvalue weighted by molar-refractivity contribution is 14.1. The third kappa shape index (κ3) is 5.63. The Labute approximate surface area is 155 Å². The Morgan fingerprint density at radius 1 is 1.08 bits per heavy atom. The second-order valence-electron chi connectivity index (χ2n) is 5.40. The molecular formula is C19H20INO3. The highest BCUT2D eigenvalue weighted by Gasteiger charge is 2.12. The molecule has 0 unspecified atom stereocenters. The number of hydrogen-bond donors (Lipinski definition) is 1. The minimum Gasteiger partial charge on any atom is -0.452 e. The van der Waals surface area contributed by atoms with Crippen LogP contribution in [0.3, 0.4) is 0 Å². The molecule has 0 bridgehead atoms. The molecule has 0 aliphatic rings. The molecule has 0 saturated carbocycles. The molecule has 4 nitrogen and oxygen atoms in total. The average Bonchev–Trinajstić information content (AvgIpc) is 2.59. The number of rotatable bonds is 7. The van der Waals surface area contributed by atoms with E-state index in [4.69, 9.17) is 4.74 Å². The fourth-order valence-corrected chi connectivity index (χ4v) is 2.78. The fourth-order valence-electron chi connectivity index (χ4n) is 2.17. The third-order valence-electron chi connectivity index (χ3n) is 3.48. The maximum absolute atomic E-state index is 12.0. The van der Waals surface area contributed by atoms with Crippen molar-refractivity contribution in [2.24, 2.45) is 0 Å². The summed E-state index contributed by atoms with van der Waals surface area (Å²) < 4.78 is 5.86. The van der Waals surface area contributed by atoms with Crippen molar-refractivity contribution in [3.8, 4) is 0 Å². The number of carbonyl (C=O) groups excluding carboxylic acids is 2. The van der Waals surface area contributed by atoms with Crippen molar-refractivity contribution in [2.75, 3.05) is 11.9 Å². The number of esters is 1. The average molecular weight is 437 g/mol. The van der Waals surface area contributed by atoms with Crippen LogP contribution in [-0.4, -0.2) is 18.5 Å². The summed E-state index contributed by atoms with van der Waals surface area (Å²) in [5.41, 5.74) is 2.41. The first-order valence-corrected chi connectivity index (χ1v) is 8.98. The first kappa shape index (κ1) is 18.4. The number of halogens is 1. The molecule has 0 fully saturated rings. The summed E-state index contributed by atoms with van der Waals surface area (Å²) in [4.78, 5) is 23.9. The number of hydrogen-bond acceptors (Lipinski definition) is 3. The van der Waals surface area contributed by atoms with Crippen LogP contribution in [0.2, 0.25) is 0 Å². The van der Waals surface area contributed by atoms with E-state index >= 15 is 0 Å². The lowest BCUT2D eigenvalue weighted by molar-refractivity contribution is -0.119. The molecule has 0 spiro atoms. The standard InChI is InChI=1S/C19H20INO3/c1-2-3-6-14-9-11-15(12-10-14)21-18(22)13-24-19(23)16-7-4-5-8-17(16)20/h4-5,7-12H,2-3,6,13H2,1H3,(H,21,22). The maximum Gasteiger partial charge on any atom is 0.339 e. The Hall–Kier alpha value is -1.89. The Morgan fingerprint density at radius 2 is 1.79 bits per heavy atom. The molecule has 1 N–H and O–H groups in total. The van der Waals surface area contributed by atoms with Gasteiger partial charge >= 0.3 is 5.97 Å². The molecule has 2 rings (SSSR count). The number of ether oxygens (including phenoxy) is 1. The van der Waals surface area contributed by atoms with E-state index in [9.17, 15) is 9.59 Å². The van der Waals surface area contributed by atoms with Crippen LogP contribution >= 0.6 is 22.6 Å². The Kier molecular flexibility index (Phi) is 7.24. The number of nitrogens with one attached hydrogen (secondary N) is 1. The number of carbonyl (C=O) groups is 2. The lowest BCUT2D eigenvalue weighted by Gasteiger charge is -2.08. The van der Waals surface area contributed by atoms with Gasteiger partial charge in [0.1, 0.15) is 0 Å². The third-order valence-corrected chi connectivity index (χ3v) is 4.43. The van der Waals surface area contributed by atoms with Gasteiger partial charge in [0.15, 0.2) is 6.61 Å². The Bertz CT molecular complexity index is 698. The van der Waals surface area contributed by atoms with Gasteiger partial charge in [-0.15, -0.1) is 0 Å². The summed E-state index contributed by atoms with van der Waals surface area (Å²) in [5, 5.41) is 2.73. The van der Waals surface area contributed by atoms with Crippen molar-refractivity contribution in [1.82, 2.24) is 0 Å². The molecular weight excluding hydrogens is 417 g/mol. The summed E-state index contributed by atoms with van der Waals surface area (Å²) in [6, 6.07) is 14.8. The van der Waals surface area contributed by atoms with Gasteiger partial charge in [0.2, 0.25) is 0 Å². The van der Waals surface area contributed by atoms with Crippen LogP contribution in [0.25, 0.3) is 0 Å². The van der Waals surface area contributed by atoms with Crippen LogP contribution in [0, 0.1) is 3.57 Å². The predicted molar refractivity (Wildman–Crippen MR) is 103 cm³/mol. The smallest absolute Gasteiger partial charge is 0.339 e. The van der Waals surface area contributed by atoms with Crippen molar-refractivity contribution >= 4 is 40.2 Å². The zero-order valence-corrected chi connectivity index (χ0v) is 15.7. The quantitative estimate of drug-likeness (QED) is 0.515. The number of anilines is 1. The van der Waals surface area contributed by atoms with Crippen LogP contribution in [0.1, 0.15) is 35.7 Å². The molecule has 1 amide bonds. The van der Waals surface area contributed by atoms with E-state index in [1.807, 2.05) is 36.4 Å². The molecule has 5 heteroatoms. The van der Waals surface area contributed by atoms with E-state index in [0.29, 0.717) is 11.3 Å². The zero-order valence-electron chi connectivity index (χ0n) is 13.5. The van der Waals surface area contributed by atoms with E-state index in [1.54, 1.807) is 12.1 Å². The number of aryl methyl sites for hydroxylation is 1. The van der Waals surface area contributed by atoms with E-state index < -0.39 is 5.97 Å². The number of unbranched alkanes of at least 4 members (excludes halogenated alkanes) is 1. The van der Waals surface area contributed by atoms with Gasteiger partial charge in [0.05, 0.1) is 5.56 Å². The first-order valence-electron chi connectivity index (χ1n) is 7.90. The molecule has 0 aliphatic heterocycles. The van der Waals surface area contributed by atoms with Crippen LogP contribution in [0.5, 0.6) is 0 Å². The Morgan fingerprint density at radius 3 is 2.46 bits per heavy atom.